The third-order valence-corrected chi connectivity index (χ3v) is 5.71. The fourth-order valence-electron chi connectivity index (χ4n) is 3.71. The lowest BCUT2D eigenvalue weighted by atomic mass is 10.0. The van der Waals surface area contributed by atoms with Crippen molar-refractivity contribution in [3.05, 3.63) is 0 Å². The van der Waals surface area contributed by atoms with E-state index >= 15 is 0 Å². The van der Waals surface area contributed by atoms with Crippen LogP contribution in [0.2, 0.25) is 0 Å². The fourth-order valence-corrected chi connectivity index (χ4v) is 3.71. The molecular weight excluding hydrogens is 406 g/mol. The van der Waals surface area contributed by atoms with Crippen molar-refractivity contribution < 1.29 is 19.4 Å². The first-order chi connectivity index (χ1) is 15.5. The van der Waals surface area contributed by atoms with Crippen LogP contribution < -0.4 is 16.8 Å². The number of unbranched alkanes of at least 4 members (excludes halogenated alkanes) is 10. The van der Waals surface area contributed by atoms with Crippen LogP contribution in [-0.4, -0.2) is 48.8 Å². The van der Waals surface area contributed by atoms with Crippen molar-refractivity contribution in [1.82, 2.24) is 5.32 Å². The predicted molar refractivity (Wildman–Crippen MR) is 131 cm³/mol. The molecule has 0 aromatic heterocycles. The van der Waals surface area contributed by atoms with Gasteiger partial charge < -0.3 is 26.6 Å². The number of carbonyl (C=O) groups excluding carboxylic acids is 2. The molecule has 2 atom stereocenters. The maximum absolute atomic E-state index is 12.3. The Labute approximate surface area is 196 Å². The van der Waals surface area contributed by atoms with Gasteiger partial charge in [0.05, 0.1) is 18.6 Å². The summed E-state index contributed by atoms with van der Waals surface area (Å²) in [4.78, 5) is 24.2. The first-order valence-corrected chi connectivity index (χ1v) is 13.1. The molecule has 0 aliphatic carbocycles. The third kappa shape index (κ3) is 20.7. The van der Waals surface area contributed by atoms with Crippen molar-refractivity contribution in [3.8, 4) is 0 Å². The van der Waals surface area contributed by atoms with E-state index in [9.17, 15) is 14.7 Å². The van der Waals surface area contributed by atoms with Gasteiger partial charge in [0, 0.05) is 6.42 Å². The second kappa shape index (κ2) is 23.0. The molecule has 0 bridgehead atoms. The zero-order valence-electron chi connectivity index (χ0n) is 20.6. The summed E-state index contributed by atoms with van der Waals surface area (Å²) < 4.78 is 5.33. The number of nitrogens with one attached hydrogen (secondary N) is 1. The van der Waals surface area contributed by atoms with Crippen molar-refractivity contribution in [2.45, 2.75) is 128 Å². The quantitative estimate of drug-likeness (QED) is 0.136. The van der Waals surface area contributed by atoms with E-state index in [0.717, 1.165) is 38.5 Å². The van der Waals surface area contributed by atoms with Crippen LogP contribution in [0.3, 0.4) is 0 Å². The highest BCUT2D eigenvalue weighted by molar-refractivity contribution is 5.76. The van der Waals surface area contributed by atoms with Gasteiger partial charge in [-0.15, -0.1) is 0 Å². The van der Waals surface area contributed by atoms with Gasteiger partial charge in [-0.25, -0.2) is 0 Å². The zero-order chi connectivity index (χ0) is 23.9. The van der Waals surface area contributed by atoms with Crippen molar-refractivity contribution in [2.75, 3.05) is 19.7 Å². The first kappa shape index (κ1) is 30.8. The van der Waals surface area contributed by atoms with Gasteiger partial charge >= 0.3 is 5.97 Å². The molecule has 7 nitrogen and oxygen atoms in total. The van der Waals surface area contributed by atoms with Crippen LogP contribution in [0.25, 0.3) is 0 Å². The zero-order valence-corrected chi connectivity index (χ0v) is 20.6. The number of ether oxygens (including phenoxy) is 1. The normalized spacial score (nSPS) is 13.0. The Morgan fingerprint density at radius 3 is 2.03 bits per heavy atom. The molecule has 6 N–H and O–H groups in total. The van der Waals surface area contributed by atoms with Crippen LogP contribution in [0.1, 0.15) is 116 Å². The van der Waals surface area contributed by atoms with Crippen LogP contribution in [0.5, 0.6) is 0 Å². The van der Waals surface area contributed by atoms with Crippen LogP contribution in [0, 0.1) is 0 Å². The third-order valence-electron chi connectivity index (χ3n) is 5.71. The van der Waals surface area contributed by atoms with Gasteiger partial charge in [-0.3, -0.25) is 9.59 Å². The molecule has 0 saturated carbocycles. The molecule has 0 spiro atoms. The van der Waals surface area contributed by atoms with E-state index in [1.807, 2.05) is 0 Å². The minimum atomic E-state index is -0.625. The standard InChI is InChI=1S/C25H51N3O4/c1-2-3-4-5-6-7-8-9-11-16-23(29)20-24(30)28-22(15-14-19-27)21-32-25(31)17-12-10-13-18-26/h22-23,29H,2-21,26-27H2,1H3,(H,28,30)/t22-,23-/m1/s1. The maximum atomic E-state index is 12.3. The number of hydrogen-bond acceptors (Lipinski definition) is 6. The van der Waals surface area contributed by atoms with E-state index in [2.05, 4.69) is 12.2 Å². The molecule has 0 saturated heterocycles. The van der Waals surface area contributed by atoms with Crippen LogP contribution >= 0.6 is 0 Å². The van der Waals surface area contributed by atoms with Gasteiger partial charge in [-0.05, 0) is 45.2 Å². The molecule has 0 rings (SSSR count). The molecule has 0 fully saturated rings. The Morgan fingerprint density at radius 1 is 0.812 bits per heavy atom. The van der Waals surface area contributed by atoms with Gasteiger partial charge in [0.2, 0.25) is 5.91 Å². The molecule has 32 heavy (non-hydrogen) atoms. The lowest BCUT2D eigenvalue weighted by Gasteiger charge is -2.20. The Bertz CT molecular complexity index is 449. The minimum absolute atomic E-state index is 0.0865. The number of hydrogen-bond donors (Lipinski definition) is 4. The lowest BCUT2D eigenvalue weighted by Crippen LogP contribution is -2.40. The molecule has 7 heteroatoms. The van der Waals surface area contributed by atoms with E-state index < -0.39 is 6.10 Å². The molecule has 1 amide bonds. The largest absolute Gasteiger partial charge is 0.463 e. The van der Waals surface area contributed by atoms with Gasteiger partial charge in [0.1, 0.15) is 6.61 Å². The molecule has 0 radical (unpaired) electrons. The summed E-state index contributed by atoms with van der Waals surface area (Å²) in [7, 11) is 0. The maximum Gasteiger partial charge on any atom is 0.305 e. The highest BCUT2D eigenvalue weighted by Gasteiger charge is 2.17. The number of rotatable bonds is 23. The molecule has 0 aliphatic heterocycles. The van der Waals surface area contributed by atoms with Crippen LogP contribution in [0.4, 0.5) is 0 Å². The molecule has 0 aromatic carbocycles. The number of amides is 1. The summed E-state index contributed by atoms with van der Waals surface area (Å²) in [6, 6.07) is -0.265. The number of aliphatic hydroxyl groups excluding tert-OH is 1. The van der Waals surface area contributed by atoms with Gasteiger partial charge in [0.15, 0.2) is 0 Å². The first-order valence-electron chi connectivity index (χ1n) is 13.1. The van der Waals surface area contributed by atoms with E-state index in [-0.39, 0.29) is 30.9 Å². The predicted octanol–water partition coefficient (Wildman–Crippen LogP) is 3.94. The lowest BCUT2D eigenvalue weighted by molar-refractivity contribution is -0.145. The van der Waals surface area contributed by atoms with E-state index in [4.69, 9.17) is 16.2 Å². The summed E-state index contributed by atoms with van der Waals surface area (Å²) >= 11 is 0. The number of esters is 1. The van der Waals surface area contributed by atoms with Gasteiger partial charge in [-0.1, -0.05) is 71.1 Å². The van der Waals surface area contributed by atoms with E-state index in [1.165, 1.54) is 44.9 Å². The number of nitrogens with two attached hydrogens (primary N) is 2. The number of aliphatic hydroxyl groups is 1. The molecule has 0 unspecified atom stereocenters. The van der Waals surface area contributed by atoms with Crippen molar-refractivity contribution in [3.63, 3.8) is 0 Å². The Balaban J connectivity index is 4.00. The number of carbonyl (C=O) groups is 2. The monoisotopic (exact) mass is 457 g/mol. The minimum Gasteiger partial charge on any atom is -0.463 e. The summed E-state index contributed by atoms with van der Waals surface area (Å²) in [6.45, 7) is 3.53. The summed E-state index contributed by atoms with van der Waals surface area (Å²) in [5.74, 6) is -0.450. The average Bonchev–Trinajstić information content (AvgIpc) is 2.77. The van der Waals surface area contributed by atoms with Crippen LogP contribution in [0.15, 0.2) is 0 Å². The van der Waals surface area contributed by atoms with Gasteiger partial charge in [-0.2, -0.15) is 0 Å². The topological polar surface area (TPSA) is 128 Å². The van der Waals surface area contributed by atoms with Crippen LogP contribution in [-0.2, 0) is 14.3 Å². The molecule has 190 valence electrons. The second-order valence-electron chi connectivity index (χ2n) is 8.95. The van der Waals surface area contributed by atoms with E-state index in [1.54, 1.807) is 0 Å². The highest BCUT2D eigenvalue weighted by Crippen LogP contribution is 2.12. The highest BCUT2D eigenvalue weighted by atomic mass is 16.5. The molecule has 0 aromatic rings. The Hall–Kier alpha value is -1.18. The average molecular weight is 458 g/mol. The van der Waals surface area contributed by atoms with Crippen molar-refractivity contribution in [1.29, 1.82) is 0 Å². The smallest absolute Gasteiger partial charge is 0.305 e. The molecule has 0 heterocycles. The summed E-state index contributed by atoms with van der Waals surface area (Å²) in [6.07, 6.45) is 15.5. The SMILES string of the molecule is CCCCCCCCCCC[C@@H](O)CC(=O)N[C@H](CCCN)COC(=O)CCCCCN. The Kier molecular flexibility index (Phi) is 22.1. The van der Waals surface area contributed by atoms with Crippen molar-refractivity contribution in [2.24, 2.45) is 11.5 Å². The summed E-state index contributed by atoms with van der Waals surface area (Å²) in [5, 5.41) is 13.1. The molecule has 0 aliphatic rings. The Morgan fingerprint density at radius 2 is 1.41 bits per heavy atom. The van der Waals surface area contributed by atoms with Gasteiger partial charge in [0.25, 0.3) is 0 Å². The van der Waals surface area contributed by atoms with Crippen molar-refractivity contribution >= 4 is 11.9 Å². The second-order valence-corrected chi connectivity index (χ2v) is 8.95. The summed E-state index contributed by atoms with van der Waals surface area (Å²) in [5.41, 5.74) is 11.0. The fraction of sp³-hybridized carbons (Fsp3) is 0.920. The van der Waals surface area contributed by atoms with E-state index in [0.29, 0.717) is 32.4 Å². The molecular formula is C25H51N3O4.